The van der Waals surface area contributed by atoms with Crippen molar-refractivity contribution in [3.63, 3.8) is 0 Å². The first-order chi connectivity index (χ1) is 19.5. The van der Waals surface area contributed by atoms with Crippen molar-refractivity contribution < 1.29 is 14.2 Å². The van der Waals surface area contributed by atoms with Crippen molar-refractivity contribution >= 4 is 35.9 Å². The van der Waals surface area contributed by atoms with E-state index in [2.05, 4.69) is 63.0 Å². The molecule has 1 aliphatic rings. The second kappa shape index (κ2) is 18.9. The number of aliphatic imine (C=N–C) groups is 1. The topological polar surface area (TPSA) is 114 Å². The molecular formula is C29H48N8O3. The number of nitrogen functional groups attached to an aromatic ring is 1. The summed E-state index contributed by atoms with van der Waals surface area (Å²) in [7, 11) is 3.38. The molecule has 0 saturated carbocycles. The number of piperazine rings is 1. The van der Waals surface area contributed by atoms with Gasteiger partial charge >= 0.3 is 6.01 Å². The maximum absolute atomic E-state index is 6.14. The summed E-state index contributed by atoms with van der Waals surface area (Å²) in [6.45, 7) is 18.8. The third kappa shape index (κ3) is 10.7. The zero-order chi connectivity index (χ0) is 29.2. The van der Waals surface area contributed by atoms with Crippen LogP contribution >= 0.6 is 0 Å². The number of unbranched alkanes of at least 4 members (excludes halogenated alkanes) is 2. The molecule has 2 aromatic heterocycles. The SMILES string of the molecule is C=Cc1ccnc(N2CCN(CCN(COC)c3nc(OCCCC)nc(N)c3N=C)CC2)c1.CCCCOC. The average molecular weight is 557 g/mol. The molecule has 0 radical (unpaired) electrons. The van der Waals surface area contributed by atoms with Crippen LogP contribution in [-0.4, -0.2) is 100 Å². The fourth-order valence-corrected chi connectivity index (χ4v) is 4.06. The Morgan fingerprint density at radius 2 is 1.80 bits per heavy atom. The van der Waals surface area contributed by atoms with E-state index in [4.69, 9.17) is 19.9 Å². The second-order valence-electron chi connectivity index (χ2n) is 9.43. The van der Waals surface area contributed by atoms with Gasteiger partial charge in [-0.15, -0.1) is 0 Å². The zero-order valence-electron chi connectivity index (χ0n) is 24.8. The summed E-state index contributed by atoms with van der Waals surface area (Å²) < 4.78 is 15.9. The molecule has 1 fully saturated rings. The molecule has 1 saturated heterocycles. The van der Waals surface area contributed by atoms with Crippen molar-refractivity contribution in [2.45, 2.75) is 39.5 Å². The fraction of sp³-hybridized carbons (Fsp3) is 0.586. The summed E-state index contributed by atoms with van der Waals surface area (Å²) in [6.07, 6.45) is 8.04. The van der Waals surface area contributed by atoms with Crippen LogP contribution in [0.4, 0.5) is 23.1 Å². The summed E-state index contributed by atoms with van der Waals surface area (Å²) in [6, 6.07) is 4.29. The van der Waals surface area contributed by atoms with Gasteiger partial charge in [0.2, 0.25) is 0 Å². The smallest absolute Gasteiger partial charge is 0.320 e. The Morgan fingerprint density at radius 1 is 1.07 bits per heavy atom. The predicted molar refractivity (Wildman–Crippen MR) is 165 cm³/mol. The van der Waals surface area contributed by atoms with Crippen molar-refractivity contribution in [3.8, 4) is 6.01 Å². The van der Waals surface area contributed by atoms with Crippen molar-refractivity contribution in [3.05, 3.63) is 30.5 Å². The number of rotatable bonds is 16. The molecule has 222 valence electrons. The number of ether oxygens (including phenoxy) is 3. The molecule has 0 spiro atoms. The molecule has 11 nitrogen and oxygen atoms in total. The van der Waals surface area contributed by atoms with E-state index in [1.165, 1.54) is 12.8 Å². The Morgan fingerprint density at radius 3 is 2.40 bits per heavy atom. The molecule has 2 aromatic rings. The first kappa shape index (κ1) is 32.9. The van der Waals surface area contributed by atoms with Gasteiger partial charge in [-0.2, -0.15) is 9.97 Å². The molecular weight excluding hydrogens is 508 g/mol. The van der Waals surface area contributed by atoms with E-state index in [1.807, 2.05) is 23.2 Å². The highest BCUT2D eigenvalue weighted by atomic mass is 16.5. The molecule has 11 heteroatoms. The maximum atomic E-state index is 6.14. The Hall–Kier alpha value is -3.28. The predicted octanol–water partition coefficient (Wildman–Crippen LogP) is 4.27. The monoisotopic (exact) mass is 556 g/mol. The summed E-state index contributed by atoms with van der Waals surface area (Å²) in [5.41, 5.74) is 7.66. The average Bonchev–Trinajstić information content (AvgIpc) is 2.98. The van der Waals surface area contributed by atoms with Gasteiger partial charge in [0, 0.05) is 66.3 Å². The fourth-order valence-electron chi connectivity index (χ4n) is 4.06. The minimum atomic E-state index is 0.246. The van der Waals surface area contributed by atoms with Crippen LogP contribution in [0.5, 0.6) is 6.01 Å². The van der Waals surface area contributed by atoms with E-state index in [-0.39, 0.29) is 11.8 Å². The van der Waals surface area contributed by atoms with Crippen molar-refractivity contribution in [1.29, 1.82) is 0 Å². The van der Waals surface area contributed by atoms with Gasteiger partial charge in [0.15, 0.2) is 11.6 Å². The lowest BCUT2D eigenvalue weighted by atomic mass is 10.2. The third-order valence-corrected chi connectivity index (χ3v) is 6.43. The maximum Gasteiger partial charge on any atom is 0.320 e. The molecule has 2 N–H and O–H groups in total. The number of nitrogens with two attached hydrogens (primary N) is 1. The van der Waals surface area contributed by atoms with E-state index in [1.54, 1.807) is 14.2 Å². The van der Waals surface area contributed by atoms with Gasteiger partial charge in [-0.25, -0.2) is 4.98 Å². The molecule has 3 rings (SSSR count). The van der Waals surface area contributed by atoms with Gasteiger partial charge in [0.25, 0.3) is 0 Å². The Labute approximate surface area is 240 Å². The van der Waals surface area contributed by atoms with E-state index in [0.717, 1.165) is 63.6 Å². The Bertz CT molecular complexity index is 1010. The van der Waals surface area contributed by atoms with Crippen LogP contribution in [0.1, 0.15) is 45.1 Å². The van der Waals surface area contributed by atoms with Gasteiger partial charge < -0.3 is 29.7 Å². The normalized spacial score (nSPS) is 13.3. The van der Waals surface area contributed by atoms with Gasteiger partial charge in [-0.05, 0) is 37.3 Å². The standard InChI is InChI=1S/C24H36N8O2.C5H12O/c1-5-7-16-34-24-28-22(25)21(26-3)23(29-24)32(18-33-4)15-12-30-10-13-31(14-11-30)20-17-19(6-2)8-9-27-20;1-3-4-5-6-2/h6,8-9,17H,2-3,5,7,10-16,18H2,1,4H3,(H2,25,28,29);3-5H2,1-2H3. The number of pyridine rings is 1. The second-order valence-corrected chi connectivity index (χ2v) is 9.43. The van der Waals surface area contributed by atoms with Crippen LogP contribution < -0.4 is 20.3 Å². The molecule has 0 unspecified atom stereocenters. The molecule has 0 aliphatic carbocycles. The highest BCUT2D eigenvalue weighted by Crippen LogP contribution is 2.33. The number of hydrogen-bond donors (Lipinski definition) is 1. The molecule has 40 heavy (non-hydrogen) atoms. The van der Waals surface area contributed by atoms with Gasteiger partial charge in [0.1, 0.15) is 18.2 Å². The Kier molecular flexibility index (Phi) is 15.6. The van der Waals surface area contributed by atoms with Crippen LogP contribution in [0.2, 0.25) is 0 Å². The number of anilines is 3. The lowest BCUT2D eigenvalue weighted by molar-refractivity contribution is 0.188. The van der Waals surface area contributed by atoms with Gasteiger partial charge in [0.05, 0.1) is 6.61 Å². The van der Waals surface area contributed by atoms with Crippen molar-refractivity contribution in [1.82, 2.24) is 19.9 Å². The van der Waals surface area contributed by atoms with Crippen LogP contribution in [0.3, 0.4) is 0 Å². The molecule has 0 amide bonds. The van der Waals surface area contributed by atoms with Crippen LogP contribution in [0.15, 0.2) is 29.9 Å². The first-order valence-corrected chi connectivity index (χ1v) is 14.1. The van der Waals surface area contributed by atoms with Crippen LogP contribution in [0.25, 0.3) is 6.08 Å². The van der Waals surface area contributed by atoms with Crippen LogP contribution in [-0.2, 0) is 9.47 Å². The zero-order valence-corrected chi connectivity index (χ0v) is 24.8. The molecule has 3 heterocycles. The van der Waals surface area contributed by atoms with E-state index < -0.39 is 0 Å². The summed E-state index contributed by atoms with van der Waals surface area (Å²) in [5, 5.41) is 0. The van der Waals surface area contributed by atoms with E-state index in [0.29, 0.717) is 31.4 Å². The van der Waals surface area contributed by atoms with E-state index in [9.17, 15) is 0 Å². The first-order valence-electron chi connectivity index (χ1n) is 14.1. The summed E-state index contributed by atoms with van der Waals surface area (Å²) in [5.74, 6) is 1.81. The van der Waals surface area contributed by atoms with Crippen molar-refractivity contribution in [2.75, 3.05) is 89.0 Å². The number of aromatic nitrogens is 3. The molecule has 1 aliphatic heterocycles. The lowest BCUT2D eigenvalue weighted by Gasteiger charge is -2.36. The summed E-state index contributed by atoms with van der Waals surface area (Å²) in [4.78, 5) is 24.1. The molecule has 0 aromatic carbocycles. The minimum absolute atomic E-state index is 0.246. The number of methoxy groups -OCH3 is 2. The molecule has 0 bridgehead atoms. The number of hydrogen-bond acceptors (Lipinski definition) is 11. The third-order valence-electron chi connectivity index (χ3n) is 6.43. The molecule has 0 atom stereocenters. The van der Waals surface area contributed by atoms with Crippen LogP contribution in [0, 0.1) is 0 Å². The lowest BCUT2D eigenvalue weighted by Crippen LogP contribution is -2.49. The summed E-state index contributed by atoms with van der Waals surface area (Å²) >= 11 is 0. The largest absolute Gasteiger partial charge is 0.463 e. The van der Waals surface area contributed by atoms with Crippen molar-refractivity contribution in [2.24, 2.45) is 4.99 Å². The highest BCUT2D eigenvalue weighted by molar-refractivity contribution is 5.75. The van der Waals surface area contributed by atoms with E-state index >= 15 is 0 Å². The Balaban J connectivity index is 0.000000840. The van der Waals surface area contributed by atoms with Gasteiger partial charge in [-0.3, -0.25) is 9.89 Å². The number of nitrogens with zero attached hydrogens (tertiary/aromatic N) is 7. The minimum Gasteiger partial charge on any atom is -0.463 e. The van der Waals surface area contributed by atoms with Gasteiger partial charge in [-0.1, -0.05) is 39.3 Å². The quantitative estimate of drug-likeness (QED) is 0.183. The highest BCUT2D eigenvalue weighted by Gasteiger charge is 2.22.